The van der Waals surface area contributed by atoms with Crippen molar-refractivity contribution in [3.63, 3.8) is 0 Å². The number of ether oxygens (including phenoxy) is 1. The van der Waals surface area contributed by atoms with Gasteiger partial charge in [0.1, 0.15) is 5.75 Å². The largest absolute Gasteiger partial charge is 0.496 e. The van der Waals surface area contributed by atoms with E-state index in [1.54, 1.807) is 25.3 Å². The molecule has 1 aliphatic rings. The maximum atomic E-state index is 12.1. The number of hydrogen-bond acceptors (Lipinski definition) is 4. The van der Waals surface area contributed by atoms with E-state index < -0.39 is 10.0 Å². The average Bonchev–Trinajstić information content (AvgIpc) is 3.12. The van der Waals surface area contributed by atoms with Gasteiger partial charge < -0.3 is 10.1 Å². The molecule has 1 aromatic carbocycles. The lowest BCUT2D eigenvalue weighted by molar-refractivity contribution is 0.408. The van der Waals surface area contributed by atoms with Crippen LogP contribution in [-0.2, 0) is 16.6 Å². The molecular weight excluding hydrogens is 252 g/mol. The van der Waals surface area contributed by atoms with Gasteiger partial charge in [-0.1, -0.05) is 0 Å². The monoisotopic (exact) mass is 270 g/mol. The Morgan fingerprint density at radius 1 is 1.39 bits per heavy atom. The first-order chi connectivity index (χ1) is 8.56. The summed E-state index contributed by atoms with van der Waals surface area (Å²) < 4.78 is 32.0. The number of nitrogens with one attached hydrogen (secondary N) is 2. The van der Waals surface area contributed by atoms with E-state index in [0.29, 0.717) is 17.2 Å². The Labute approximate surface area is 108 Å². The fourth-order valence-corrected chi connectivity index (χ4v) is 3.09. The van der Waals surface area contributed by atoms with E-state index in [0.717, 1.165) is 18.4 Å². The number of sulfonamides is 1. The molecular formula is C12H18N2O3S. The third-order valence-corrected chi connectivity index (χ3v) is 4.35. The van der Waals surface area contributed by atoms with E-state index in [1.807, 2.05) is 7.05 Å². The third kappa shape index (κ3) is 3.01. The highest BCUT2D eigenvalue weighted by Crippen LogP contribution is 2.25. The summed E-state index contributed by atoms with van der Waals surface area (Å²) in [6.45, 7) is 0.565. The van der Waals surface area contributed by atoms with E-state index in [-0.39, 0.29) is 6.04 Å². The Hall–Kier alpha value is -1.11. The van der Waals surface area contributed by atoms with Gasteiger partial charge in [-0.25, -0.2) is 13.1 Å². The molecule has 1 saturated carbocycles. The molecule has 1 aliphatic carbocycles. The standard InChI is InChI=1S/C12H18N2O3S/c1-13-8-9-7-11(5-6-12(9)17-2)18(15,16)14-10-3-4-10/h5-7,10,13-14H,3-4,8H2,1-2H3. The fourth-order valence-electron chi connectivity index (χ4n) is 1.74. The molecule has 6 heteroatoms. The van der Waals surface area contributed by atoms with Gasteiger partial charge >= 0.3 is 0 Å². The van der Waals surface area contributed by atoms with Gasteiger partial charge in [-0.15, -0.1) is 0 Å². The first-order valence-electron chi connectivity index (χ1n) is 5.90. The summed E-state index contributed by atoms with van der Waals surface area (Å²) >= 11 is 0. The second-order valence-electron chi connectivity index (χ2n) is 4.40. The molecule has 1 fully saturated rings. The minimum absolute atomic E-state index is 0.116. The van der Waals surface area contributed by atoms with Crippen molar-refractivity contribution in [3.05, 3.63) is 23.8 Å². The van der Waals surface area contributed by atoms with Gasteiger partial charge in [0.25, 0.3) is 0 Å². The molecule has 0 aromatic heterocycles. The maximum Gasteiger partial charge on any atom is 0.240 e. The van der Waals surface area contributed by atoms with E-state index in [1.165, 1.54) is 0 Å². The lowest BCUT2D eigenvalue weighted by Gasteiger charge is -2.11. The number of hydrogen-bond donors (Lipinski definition) is 2. The molecule has 0 heterocycles. The van der Waals surface area contributed by atoms with Gasteiger partial charge in [0.15, 0.2) is 0 Å². The zero-order valence-electron chi connectivity index (χ0n) is 10.6. The maximum absolute atomic E-state index is 12.1. The summed E-state index contributed by atoms with van der Waals surface area (Å²) in [4.78, 5) is 0.292. The van der Waals surface area contributed by atoms with Crippen molar-refractivity contribution < 1.29 is 13.2 Å². The Balaban J connectivity index is 2.29. The van der Waals surface area contributed by atoms with Crippen molar-refractivity contribution in [2.45, 2.75) is 30.3 Å². The van der Waals surface area contributed by atoms with Crippen LogP contribution in [0.25, 0.3) is 0 Å². The van der Waals surface area contributed by atoms with E-state index in [4.69, 9.17) is 4.74 Å². The van der Waals surface area contributed by atoms with E-state index in [2.05, 4.69) is 10.0 Å². The summed E-state index contributed by atoms with van der Waals surface area (Å²) in [5.74, 6) is 0.690. The van der Waals surface area contributed by atoms with Gasteiger partial charge in [0.2, 0.25) is 10.0 Å². The summed E-state index contributed by atoms with van der Waals surface area (Å²) in [5, 5.41) is 3.00. The highest BCUT2D eigenvalue weighted by atomic mass is 32.2. The highest BCUT2D eigenvalue weighted by molar-refractivity contribution is 7.89. The molecule has 0 bridgehead atoms. The first-order valence-corrected chi connectivity index (χ1v) is 7.39. The molecule has 0 amide bonds. The van der Waals surface area contributed by atoms with Crippen molar-refractivity contribution in [3.8, 4) is 5.75 Å². The Kier molecular flexibility index (Phi) is 3.89. The molecule has 0 radical (unpaired) electrons. The summed E-state index contributed by atoms with van der Waals surface area (Å²) in [6.07, 6.45) is 1.86. The van der Waals surface area contributed by atoms with Gasteiger partial charge in [-0.2, -0.15) is 0 Å². The molecule has 2 N–H and O–H groups in total. The second-order valence-corrected chi connectivity index (χ2v) is 6.11. The molecule has 0 aliphatic heterocycles. The van der Waals surface area contributed by atoms with E-state index >= 15 is 0 Å². The average molecular weight is 270 g/mol. The topological polar surface area (TPSA) is 67.4 Å². The quantitative estimate of drug-likeness (QED) is 0.804. The van der Waals surface area contributed by atoms with Crippen LogP contribution in [0.2, 0.25) is 0 Å². The van der Waals surface area contributed by atoms with Crippen LogP contribution >= 0.6 is 0 Å². The van der Waals surface area contributed by atoms with Crippen LogP contribution in [0.3, 0.4) is 0 Å². The molecule has 5 nitrogen and oxygen atoms in total. The lowest BCUT2D eigenvalue weighted by Crippen LogP contribution is -2.25. The van der Waals surface area contributed by atoms with Crippen LogP contribution in [0.4, 0.5) is 0 Å². The van der Waals surface area contributed by atoms with Crippen LogP contribution < -0.4 is 14.8 Å². The van der Waals surface area contributed by atoms with Crippen molar-refractivity contribution in [2.24, 2.45) is 0 Å². The third-order valence-electron chi connectivity index (χ3n) is 2.83. The van der Waals surface area contributed by atoms with Crippen molar-refractivity contribution in [2.75, 3.05) is 14.2 Å². The molecule has 1 aromatic rings. The number of benzene rings is 1. The van der Waals surface area contributed by atoms with Crippen LogP contribution in [0.5, 0.6) is 5.75 Å². The van der Waals surface area contributed by atoms with Crippen LogP contribution in [0.15, 0.2) is 23.1 Å². The molecule has 2 rings (SSSR count). The molecule has 18 heavy (non-hydrogen) atoms. The zero-order valence-corrected chi connectivity index (χ0v) is 11.4. The summed E-state index contributed by atoms with van der Waals surface area (Å²) in [7, 11) is -0.0131. The van der Waals surface area contributed by atoms with Gasteiger partial charge in [0, 0.05) is 18.2 Å². The van der Waals surface area contributed by atoms with E-state index in [9.17, 15) is 8.42 Å². The lowest BCUT2D eigenvalue weighted by atomic mass is 10.2. The van der Waals surface area contributed by atoms with Gasteiger partial charge in [0.05, 0.1) is 12.0 Å². The molecule has 0 saturated heterocycles. The summed E-state index contributed by atoms with van der Waals surface area (Å²) in [6, 6.07) is 5.03. The second kappa shape index (κ2) is 5.26. The minimum Gasteiger partial charge on any atom is -0.496 e. The molecule has 100 valence electrons. The smallest absolute Gasteiger partial charge is 0.240 e. The molecule has 0 atom stereocenters. The predicted molar refractivity (Wildman–Crippen MR) is 69.1 cm³/mol. The Morgan fingerprint density at radius 3 is 2.67 bits per heavy atom. The van der Waals surface area contributed by atoms with Crippen molar-refractivity contribution >= 4 is 10.0 Å². The van der Waals surface area contributed by atoms with Gasteiger partial charge in [-0.05, 0) is 38.1 Å². The van der Waals surface area contributed by atoms with Crippen LogP contribution in [-0.4, -0.2) is 28.6 Å². The van der Waals surface area contributed by atoms with Crippen molar-refractivity contribution in [1.82, 2.24) is 10.0 Å². The SMILES string of the molecule is CNCc1cc(S(=O)(=O)NC2CC2)ccc1OC. The molecule has 0 spiro atoms. The Bertz CT molecular complexity index is 524. The normalized spacial score (nSPS) is 15.7. The highest BCUT2D eigenvalue weighted by Gasteiger charge is 2.28. The first kappa shape index (κ1) is 13.3. The zero-order chi connectivity index (χ0) is 13.2. The van der Waals surface area contributed by atoms with Crippen LogP contribution in [0.1, 0.15) is 18.4 Å². The van der Waals surface area contributed by atoms with Crippen molar-refractivity contribution in [1.29, 1.82) is 0 Å². The summed E-state index contributed by atoms with van der Waals surface area (Å²) in [5.41, 5.74) is 0.832. The van der Waals surface area contributed by atoms with Gasteiger partial charge in [-0.3, -0.25) is 0 Å². The Morgan fingerprint density at radius 2 is 2.11 bits per heavy atom. The number of methoxy groups -OCH3 is 1. The fraction of sp³-hybridized carbons (Fsp3) is 0.500. The molecule has 0 unspecified atom stereocenters. The minimum atomic E-state index is -3.40. The predicted octanol–water partition coefficient (Wildman–Crippen LogP) is 0.855. The van der Waals surface area contributed by atoms with Crippen LogP contribution in [0, 0.1) is 0 Å². The number of rotatable bonds is 6.